The Kier molecular flexibility index (Phi) is 1.82. The number of nitrogens with one attached hydrogen (secondary N) is 1. The fourth-order valence-electron chi connectivity index (χ4n) is 1.44. The lowest BCUT2D eigenvalue weighted by Crippen LogP contribution is -2.31. The van der Waals surface area contributed by atoms with E-state index in [1.54, 1.807) is 0 Å². The van der Waals surface area contributed by atoms with Gasteiger partial charge in [0.1, 0.15) is 0 Å². The van der Waals surface area contributed by atoms with Gasteiger partial charge in [-0.05, 0) is 19.4 Å². The third-order valence-corrected chi connectivity index (χ3v) is 2.11. The van der Waals surface area contributed by atoms with Crippen LogP contribution in [-0.4, -0.2) is 18.4 Å². The van der Waals surface area contributed by atoms with Gasteiger partial charge >= 0.3 is 0 Å². The summed E-state index contributed by atoms with van der Waals surface area (Å²) in [5, 5.41) is 3.08. The molecule has 0 aromatic carbocycles. The van der Waals surface area contributed by atoms with Gasteiger partial charge in [0.2, 0.25) is 0 Å². The van der Waals surface area contributed by atoms with Gasteiger partial charge in [0.15, 0.2) is 5.78 Å². The Morgan fingerprint density at radius 3 is 2.30 bits per heavy atom. The van der Waals surface area contributed by atoms with Crippen molar-refractivity contribution >= 4 is 5.78 Å². The lowest BCUT2D eigenvalue weighted by atomic mass is 10.0. The van der Waals surface area contributed by atoms with Gasteiger partial charge in [0.05, 0.1) is 5.54 Å². The molecule has 1 fully saturated rings. The van der Waals surface area contributed by atoms with E-state index >= 15 is 0 Å². The van der Waals surface area contributed by atoms with Gasteiger partial charge in [-0.25, -0.2) is 0 Å². The molecule has 2 nitrogen and oxygen atoms in total. The fraction of sp³-hybridized carbons (Fsp3) is 0.875. The largest absolute Gasteiger partial charge is 0.308 e. The highest BCUT2D eigenvalue weighted by molar-refractivity contribution is 6.05. The van der Waals surface area contributed by atoms with Crippen molar-refractivity contribution in [2.45, 2.75) is 32.2 Å². The monoisotopic (exact) mass is 141 g/mol. The van der Waals surface area contributed by atoms with Crippen molar-refractivity contribution in [1.29, 1.82) is 0 Å². The molecule has 1 aliphatic rings. The van der Waals surface area contributed by atoms with Crippen molar-refractivity contribution in [1.82, 2.24) is 5.32 Å². The molecule has 0 heterocycles. The first-order valence-corrected chi connectivity index (χ1v) is 3.83. The Bertz CT molecular complexity index is 153. The summed E-state index contributed by atoms with van der Waals surface area (Å²) in [6.07, 6.45) is 1.73. The fourth-order valence-corrected chi connectivity index (χ4v) is 1.44. The summed E-state index contributed by atoms with van der Waals surface area (Å²) in [5.41, 5.74) is -0.117. The van der Waals surface area contributed by atoms with E-state index in [4.69, 9.17) is 0 Å². The third kappa shape index (κ3) is 1.21. The van der Waals surface area contributed by atoms with E-state index in [2.05, 4.69) is 19.2 Å². The molecule has 0 spiro atoms. The lowest BCUT2D eigenvalue weighted by Gasteiger charge is -2.13. The maximum absolute atomic E-state index is 10.9. The second-order valence-corrected chi connectivity index (χ2v) is 3.53. The Labute approximate surface area is 62.0 Å². The van der Waals surface area contributed by atoms with E-state index in [0.717, 1.165) is 12.8 Å². The van der Waals surface area contributed by atoms with Crippen LogP contribution in [0.2, 0.25) is 0 Å². The van der Waals surface area contributed by atoms with Crippen LogP contribution in [0.15, 0.2) is 0 Å². The minimum absolute atomic E-state index is 0.117. The van der Waals surface area contributed by atoms with E-state index in [1.165, 1.54) is 0 Å². The summed E-state index contributed by atoms with van der Waals surface area (Å²) in [6.45, 7) is 4.29. The second-order valence-electron chi connectivity index (χ2n) is 3.53. The molecule has 0 aliphatic heterocycles. The number of rotatable bonds is 3. The van der Waals surface area contributed by atoms with Crippen molar-refractivity contribution in [3.8, 4) is 0 Å². The molecule has 1 rings (SSSR count). The normalized spacial score (nSPS) is 31.4. The molecule has 1 atom stereocenters. The number of ketones is 1. The van der Waals surface area contributed by atoms with Crippen LogP contribution in [0.25, 0.3) is 0 Å². The SMILES string of the molecule is CNC1(CC(C)C)CC1=O. The minimum Gasteiger partial charge on any atom is -0.308 e. The smallest absolute Gasteiger partial charge is 0.155 e. The van der Waals surface area contributed by atoms with E-state index in [9.17, 15) is 4.79 Å². The van der Waals surface area contributed by atoms with Crippen LogP contribution in [0, 0.1) is 5.92 Å². The van der Waals surface area contributed by atoms with Gasteiger partial charge < -0.3 is 5.32 Å². The minimum atomic E-state index is -0.117. The number of carbonyl (C=O) groups is 1. The van der Waals surface area contributed by atoms with E-state index in [1.807, 2.05) is 7.05 Å². The first kappa shape index (κ1) is 7.73. The highest BCUT2D eigenvalue weighted by Crippen LogP contribution is 2.35. The molecule has 1 N–H and O–H groups in total. The van der Waals surface area contributed by atoms with Crippen molar-refractivity contribution in [2.75, 3.05) is 7.05 Å². The van der Waals surface area contributed by atoms with E-state index < -0.39 is 0 Å². The molecule has 2 heteroatoms. The average molecular weight is 141 g/mol. The molecule has 0 saturated heterocycles. The van der Waals surface area contributed by atoms with Crippen molar-refractivity contribution in [3.63, 3.8) is 0 Å². The summed E-state index contributed by atoms with van der Waals surface area (Å²) in [6, 6.07) is 0. The molecule has 0 bridgehead atoms. The standard InChI is InChI=1S/C8H15NO/c1-6(2)4-8(9-3)5-7(8)10/h6,9H,4-5H2,1-3H3. The summed E-state index contributed by atoms with van der Waals surface area (Å²) in [5.74, 6) is 0.989. The van der Waals surface area contributed by atoms with Crippen LogP contribution in [0.4, 0.5) is 0 Å². The Balaban J connectivity index is 2.45. The molecular weight excluding hydrogens is 126 g/mol. The zero-order chi connectivity index (χ0) is 7.78. The third-order valence-electron chi connectivity index (χ3n) is 2.11. The van der Waals surface area contributed by atoms with Gasteiger partial charge in [-0.3, -0.25) is 4.79 Å². The topological polar surface area (TPSA) is 29.1 Å². The molecular formula is C8H15NO. The number of likely N-dealkylation sites (N-methyl/N-ethyl adjacent to an activating group) is 1. The number of Topliss-reactive ketones (excluding diaryl/α,β-unsaturated/α-hetero) is 1. The Morgan fingerprint density at radius 2 is 2.20 bits per heavy atom. The van der Waals surface area contributed by atoms with Crippen LogP contribution in [0.3, 0.4) is 0 Å². The molecule has 10 heavy (non-hydrogen) atoms. The van der Waals surface area contributed by atoms with Crippen LogP contribution >= 0.6 is 0 Å². The molecule has 0 radical (unpaired) electrons. The summed E-state index contributed by atoms with van der Waals surface area (Å²) >= 11 is 0. The van der Waals surface area contributed by atoms with Gasteiger partial charge in [0, 0.05) is 6.42 Å². The predicted molar refractivity (Wildman–Crippen MR) is 40.9 cm³/mol. The van der Waals surface area contributed by atoms with Gasteiger partial charge in [-0.15, -0.1) is 0 Å². The quantitative estimate of drug-likeness (QED) is 0.634. The molecule has 1 aliphatic carbocycles. The summed E-state index contributed by atoms with van der Waals surface area (Å²) in [7, 11) is 1.87. The summed E-state index contributed by atoms with van der Waals surface area (Å²) < 4.78 is 0. The predicted octanol–water partition coefficient (Wildman–Crippen LogP) is 0.963. The van der Waals surface area contributed by atoms with Crippen molar-refractivity contribution in [3.05, 3.63) is 0 Å². The highest BCUT2D eigenvalue weighted by Gasteiger charge is 2.52. The first-order chi connectivity index (χ1) is 4.60. The van der Waals surface area contributed by atoms with E-state index in [-0.39, 0.29) is 5.54 Å². The van der Waals surface area contributed by atoms with Crippen molar-refractivity contribution < 1.29 is 4.79 Å². The van der Waals surface area contributed by atoms with Crippen molar-refractivity contribution in [2.24, 2.45) is 5.92 Å². The number of carbonyl (C=O) groups excluding carboxylic acids is 1. The molecule has 0 amide bonds. The average Bonchev–Trinajstić information content (AvgIpc) is 2.42. The zero-order valence-electron chi connectivity index (χ0n) is 6.90. The maximum Gasteiger partial charge on any atom is 0.155 e. The first-order valence-electron chi connectivity index (χ1n) is 3.83. The van der Waals surface area contributed by atoms with Gasteiger partial charge in [-0.2, -0.15) is 0 Å². The highest BCUT2D eigenvalue weighted by atomic mass is 16.1. The van der Waals surface area contributed by atoms with Gasteiger partial charge in [0.25, 0.3) is 0 Å². The molecule has 0 aromatic heterocycles. The Hall–Kier alpha value is -0.370. The molecule has 0 aromatic rings. The molecule has 58 valence electrons. The summed E-state index contributed by atoms with van der Waals surface area (Å²) in [4.78, 5) is 10.9. The zero-order valence-corrected chi connectivity index (χ0v) is 6.90. The number of hydrogen-bond acceptors (Lipinski definition) is 2. The Morgan fingerprint density at radius 1 is 1.70 bits per heavy atom. The molecule has 1 unspecified atom stereocenters. The van der Waals surface area contributed by atoms with Gasteiger partial charge in [-0.1, -0.05) is 13.8 Å². The van der Waals surface area contributed by atoms with Crippen LogP contribution < -0.4 is 5.32 Å². The van der Waals surface area contributed by atoms with E-state index in [0.29, 0.717) is 11.7 Å². The number of hydrogen-bond donors (Lipinski definition) is 1. The molecule has 1 saturated carbocycles. The maximum atomic E-state index is 10.9. The lowest BCUT2D eigenvalue weighted by molar-refractivity contribution is -0.112. The van der Waals surface area contributed by atoms with Crippen LogP contribution in [-0.2, 0) is 4.79 Å². The van der Waals surface area contributed by atoms with Crippen LogP contribution in [0.5, 0.6) is 0 Å². The second kappa shape index (κ2) is 2.35. The van der Waals surface area contributed by atoms with Crippen LogP contribution in [0.1, 0.15) is 26.7 Å².